The fourth-order valence-electron chi connectivity index (χ4n) is 2.58. The minimum atomic E-state index is -0.295. The van der Waals surface area contributed by atoms with Gasteiger partial charge in [0, 0.05) is 18.6 Å². The lowest BCUT2D eigenvalue weighted by Gasteiger charge is -2.13. The van der Waals surface area contributed by atoms with Crippen LogP contribution in [0.15, 0.2) is 36.4 Å². The first-order valence-electron chi connectivity index (χ1n) is 8.64. The van der Waals surface area contributed by atoms with Gasteiger partial charge >= 0.3 is 0 Å². The maximum Gasteiger partial charge on any atom is 0.262 e. The van der Waals surface area contributed by atoms with Crippen molar-refractivity contribution in [3.63, 3.8) is 0 Å². The number of fused-ring (bicyclic) bond motifs is 1. The van der Waals surface area contributed by atoms with Crippen molar-refractivity contribution in [3.8, 4) is 17.2 Å². The molecule has 0 spiro atoms. The van der Waals surface area contributed by atoms with E-state index in [0.717, 1.165) is 12.0 Å². The molecule has 0 aliphatic carbocycles. The van der Waals surface area contributed by atoms with Crippen LogP contribution >= 0.6 is 11.6 Å². The quantitative estimate of drug-likeness (QED) is 0.826. The highest BCUT2D eigenvalue weighted by atomic mass is 35.5. The van der Waals surface area contributed by atoms with Crippen molar-refractivity contribution in [2.45, 2.75) is 26.2 Å². The average molecular weight is 376 g/mol. The largest absolute Gasteiger partial charge is 0.490 e. The van der Waals surface area contributed by atoms with Gasteiger partial charge in [0.2, 0.25) is 0 Å². The van der Waals surface area contributed by atoms with Crippen LogP contribution in [0.25, 0.3) is 0 Å². The molecule has 1 aliphatic heterocycles. The van der Waals surface area contributed by atoms with Crippen LogP contribution in [0, 0.1) is 0 Å². The van der Waals surface area contributed by atoms with Gasteiger partial charge in [-0.25, -0.2) is 0 Å². The third kappa shape index (κ3) is 4.61. The predicted octanol–water partition coefficient (Wildman–Crippen LogP) is 4.64. The summed E-state index contributed by atoms with van der Waals surface area (Å²) in [6.45, 7) is 5.26. The lowest BCUT2D eigenvalue weighted by molar-refractivity contribution is -0.118. The van der Waals surface area contributed by atoms with Crippen LogP contribution in [0.4, 0.5) is 5.69 Å². The van der Waals surface area contributed by atoms with Crippen LogP contribution < -0.4 is 19.5 Å². The molecule has 0 bridgehead atoms. The number of amides is 1. The van der Waals surface area contributed by atoms with Gasteiger partial charge in [0.1, 0.15) is 5.75 Å². The van der Waals surface area contributed by atoms with Gasteiger partial charge in [-0.05, 0) is 23.6 Å². The molecule has 26 heavy (non-hydrogen) atoms. The summed E-state index contributed by atoms with van der Waals surface area (Å²) in [5, 5.41) is 3.15. The van der Waals surface area contributed by atoms with E-state index in [0.29, 0.717) is 47.1 Å². The molecule has 0 aromatic heterocycles. The Kier molecular flexibility index (Phi) is 5.89. The number of carbonyl (C=O) groups is 1. The molecule has 6 heteroatoms. The van der Waals surface area contributed by atoms with Gasteiger partial charge < -0.3 is 19.5 Å². The standard InChI is InChI=1S/C20H22ClNO4/c1-13(2)14-5-3-6-15(9-14)26-12-20(23)22-17-11-19-18(10-16(17)21)24-7-4-8-25-19/h3,5-6,9-11,13H,4,7-8,12H2,1-2H3,(H,22,23). The summed E-state index contributed by atoms with van der Waals surface area (Å²) in [5.41, 5.74) is 1.63. The highest BCUT2D eigenvalue weighted by molar-refractivity contribution is 6.34. The lowest BCUT2D eigenvalue weighted by Crippen LogP contribution is -2.20. The van der Waals surface area contributed by atoms with Gasteiger partial charge in [-0.3, -0.25) is 4.79 Å². The van der Waals surface area contributed by atoms with Gasteiger partial charge in [-0.1, -0.05) is 37.6 Å². The van der Waals surface area contributed by atoms with E-state index in [4.69, 9.17) is 25.8 Å². The summed E-state index contributed by atoms with van der Waals surface area (Å²) in [5.74, 6) is 1.93. The van der Waals surface area contributed by atoms with E-state index in [1.807, 2.05) is 24.3 Å². The van der Waals surface area contributed by atoms with E-state index in [1.165, 1.54) is 0 Å². The second-order valence-electron chi connectivity index (χ2n) is 6.39. The van der Waals surface area contributed by atoms with Crippen LogP contribution in [0.2, 0.25) is 5.02 Å². The Morgan fingerprint density at radius 3 is 2.65 bits per heavy atom. The van der Waals surface area contributed by atoms with Crippen LogP contribution in [0.1, 0.15) is 31.7 Å². The van der Waals surface area contributed by atoms with Crippen LogP contribution in [-0.2, 0) is 4.79 Å². The van der Waals surface area contributed by atoms with E-state index >= 15 is 0 Å². The first-order valence-corrected chi connectivity index (χ1v) is 9.02. The van der Waals surface area contributed by atoms with E-state index in [9.17, 15) is 4.79 Å². The number of anilines is 1. The molecule has 1 heterocycles. The summed E-state index contributed by atoms with van der Waals surface area (Å²) in [6.07, 6.45) is 0.803. The molecule has 1 amide bonds. The lowest BCUT2D eigenvalue weighted by atomic mass is 10.0. The minimum absolute atomic E-state index is 0.105. The molecule has 1 aliphatic rings. The topological polar surface area (TPSA) is 56.8 Å². The average Bonchev–Trinajstić information content (AvgIpc) is 2.85. The molecule has 0 radical (unpaired) electrons. The fraction of sp³-hybridized carbons (Fsp3) is 0.350. The molecule has 0 unspecified atom stereocenters. The molecular weight excluding hydrogens is 354 g/mol. The normalized spacial score (nSPS) is 13.2. The van der Waals surface area contributed by atoms with Crippen molar-refractivity contribution < 1.29 is 19.0 Å². The van der Waals surface area contributed by atoms with Crippen LogP contribution in [0.3, 0.4) is 0 Å². The molecule has 2 aromatic carbocycles. The Morgan fingerprint density at radius 1 is 1.19 bits per heavy atom. The number of nitrogens with one attached hydrogen (secondary N) is 1. The predicted molar refractivity (Wildman–Crippen MR) is 102 cm³/mol. The number of halogens is 1. The third-order valence-electron chi connectivity index (χ3n) is 4.01. The van der Waals surface area contributed by atoms with Crippen LogP contribution in [-0.4, -0.2) is 25.7 Å². The van der Waals surface area contributed by atoms with Crippen molar-refractivity contribution >= 4 is 23.2 Å². The molecule has 0 saturated heterocycles. The molecule has 0 atom stereocenters. The maximum absolute atomic E-state index is 12.2. The van der Waals surface area contributed by atoms with Crippen molar-refractivity contribution in [1.29, 1.82) is 0 Å². The number of benzene rings is 2. The third-order valence-corrected chi connectivity index (χ3v) is 4.32. The van der Waals surface area contributed by atoms with Gasteiger partial charge in [-0.2, -0.15) is 0 Å². The number of rotatable bonds is 5. The van der Waals surface area contributed by atoms with Crippen molar-refractivity contribution in [1.82, 2.24) is 0 Å². The molecule has 138 valence electrons. The Bertz CT molecular complexity index is 791. The molecular formula is C20H22ClNO4. The highest BCUT2D eigenvalue weighted by Gasteiger charge is 2.16. The van der Waals surface area contributed by atoms with Crippen molar-refractivity contribution in [2.75, 3.05) is 25.1 Å². The Balaban J connectivity index is 1.63. The van der Waals surface area contributed by atoms with Gasteiger partial charge in [0.15, 0.2) is 18.1 Å². The maximum atomic E-state index is 12.2. The van der Waals surface area contributed by atoms with Gasteiger partial charge in [0.25, 0.3) is 5.91 Å². The van der Waals surface area contributed by atoms with E-state index in [1.54, 1.807) is 12.1 Å². The zero-order valence-corrected chi connectivity index (χ0v) is 15.6. The van der Waals surface area contributed by atoms with Crippen LogP contribution in [0.5, 0.6) is 17.2 Å². The SMILES string of the molecule is CC(C)c1cccc(OCC(=O)Nc2cc3c(cc2Cl)OCCCO3)c1. The Hall–Kier alpha value is -2.40. The first kappa shape index (κ1) is 18.4. The molecule has 3 rings (SSSR count). The number of hydrogen-bond donors (Lipinski definition) is 1. The fourth-order valence-corrected chi connectivity index (χ4v) is 2.78. The summed E-state index contributed by atoms with van der Waals surface area (Å²) in [4.78, 5) is 12.2. The first-order chi connectivity index (χ1) is 12.5. The summed E-state index contributed by atoms with van der Waals surface area (Å²) >= 11 is 6.24. The number of hydrogen-bond acceptors (Lipinski definition) is 4. The van der Waals surface area contributed by atoms with Gasteiger partial charge in [0.05, 0.1) is 23.9 Å². The second kappa shape index (κ2) is 8.32. The van der Waals surface area contributed by atoms with Crippen molar-refractivity contribution in [2.24, 2.45) is 0 Å². The smallest absolute Gasteiger partial charge is 0.262 e. The summed E-state index contributed by atoms with van der Waals surface area (Å²) in [7, 11) is 0. The van der Waals surface area contributed by atoms with Gasteiger partial charge in [-0.15, -0.1) is 0 Å². The van der Waals surface area contributed by atoms with E-state index in [-0.39, 0.29) is 12.5 Å². The molecule has 2 aromatic rings. The number of ether oxygens (including phenoxy) is 3. The molecule has 0 saturated carbocycles. The van der Waals surface area contributed by atoms with E-state index in [2.05, 4.69) is 19.2 Å². The monoisotopic (exact) mass is 375 g/mol. The zero-order valence-electron chi connectivity index (χ0n) is 14.9. The summed E-state index contributed by atoms with van der Waals surface area (Å²) < 4.78 is 16.8. The number of carbonyl (C=O) groups excluding carboxylic acids is 1. The summed E-state index contributed by atoms with van der Waals surface area (Å²) in [6, 6.07) is 11.1. The molecule has 5 nitrogen and oxygen atoms in total. The molecule has 1 N–H and O–H groups in total. The highest BCUT2D eigenvalue weighted by Crippen LogP contribution is 2.37. The van der Waals surface area contributed by atoms with Crippen molar-refractivity contribution in [3.05, 3.63) is 47.0 Å². The molecule has 0 fully saturated rings. The Labute approximate surface area is 158 Å². The van der Waals surface area contributed by atoms with E-state index < -0.39 is 0 Å². The second-order valence-corrected chi connectivity index (χ2v) is 6.80. The zero-order chi connectivity index (χ0) is 18.5. The Morgan fingerprint density at radius 2 is 1.92 bits per heavy atom. The minimum Gasteiger partial charge on any atom is -0.490 e.